The molecule has 0 aliphatic carbocycles. The van der Waals surface area contributed by atoms with E-state index in [1.807, 2.05) is 24.4 Å². The van der Waals surface area contributed by atoms with Crippen molar-refractivity contribution in [2.24, 2.45) is 5.92 Å². The van der Waals surface area contributed by atoms with Crippen molar-refractivity contribution in [1.82, 2.24) is 14.6 Å². The average molecular weight is 273 g/mol. The molecule has 5 heteroatoms. The summed E-state index contributed by atoms with van der Waals surface area (Å²) in [5, 5.41) is 4.29. The molecule has 1 N–H and O–H groups in total. The molecule has 2 bridgehead atoms. The summed E-state index contributed by atoms with van der Waals surface area (Å²) in [4.78, 5) is 14.7. The van der Waals surface area contributed by atoms with E-state index in [-0.39, 0.29) is 5.91 Å². The summed E-state index contributed by atoms with van der Waals surface area (Å²) < 4.78 is 5.21. The summed E-state index contributed by atoms with van der Waals surface area (Å²) in [6.07, 6.45) is 3.06. The van der Waals surface area contributed by atoms with Gasteiger partial charge >= 0.3 is 0 Å². The summed E-state index contributed by atoms with van der Waals surface area (Å²) in [5.74, 6) is 0.699. The highest BCUT2D eigenvalue weighted by Crippen LogP contribution is 2.28. The van der Waals surface area contributed by atoms with Crippen LogP contribution in [0.4, 0.5) is 0 Å². The fraction of sp³-hybridized carbons (Fsp3) is 0.429. The number of rotatable bonds is 2. The van der Waals surface area contributed by atoms with Gasteiger partial charge in [0.15, 0.2) is 0 Å². The van der Waals surface area contributed by atoms with Crippen molar-refractivity contribution in [3.8, 4) is 0 Å². The number of piperidine rings is 1. The Bertz CT molecular complexity index is 638. The summed E-state index contributed by atoms with van der Waals surface area (Å²) in [5.41, 5.74) is 0.745. The monoisotopic (exact) mass is 273 g/mol. The van der Waals surface area contributed by atoms with Crippen LogP contribution >= 0.6 is 11.5 Å². The van der Waals surface area contributed by atoms with Crippen molar-refractivity contribution in [1.29, 1.82) is 0 Å². The van der Waals surface area contributed by atoms with Crippen LogP contribution in [-0.2, 0) is 0 Å². The summed E-state index contributed by atoms with van der Waals surface area (Å²) in [6.45, 7) is 3.36. The van der Waals surface area contributed by atoms with Gasteiger partial charge in [0, 0.05) is 36.3 Å². The standard InChI is InChI=1S/C14H15N3OS/c18-14(16-12-8-17-4-3-11(12)7-17)9-1-2-10-6-15-19-13(10)5-9/h1-2,5-6,11-12H,3-4,7-8H2,(H,16,18). The zero-order valence-electron chi connectivity index (χ0n) is 10.5. The highest BCUT2D eigenvalue weighted by molar-refractivity contribution is 7.13. The SMILES string of the molecule is O=C(NC1CN2CCC1C2)c1ccc2cnsc2c1. The molecule has 98 valence electrons. The van der Waals surface area contributed by atoms with Crippen LogP contribution in [0.2, 0.25) is 0 Å². The molecule has 1 amide bonds. The maximum Gasteiger partial charge on any atom is 0.251 e. The molecule has 2 saturated heterocycles. The van der Waals surface area contributed by atoms with Gasteiger partial charge in [0.1, 0.15) is 0 Å². The molecule has 0 radical (unpaired) electrons. The Hall–Kier alpha value is -1.46. The molecule has 19 heavy (non-hydrogen) atoms. The third-order valence-electron chi connectivity index (χ3n) is 4.27. The molecule has 3 unspecified atom stereocenters. The van der Waals surface area contributed by atoms with Crippen LogP contribution in [-0.4, -0.2) is 40.9 Å². The molecule has 2 aliphatic rings. The minimum Gasteiger partial charge on any atom is -0.348 e. The molecule has 0 spiro atoms. The van der Waals surface area contributed by atoms with Crippen LogP contribution in [0.5, 0.6) is 0 Å². The Kier molecular flexibility index (Phi) is 2.56. The van der Waals surface area contributed by atoms with Crippen LogP contribution in [0, 0.1) is 5.92 Å². The first-order valence-electron chi connectivity index (χ1n) is 6.67. The number of nitrogens with one attached hydrogen (secondary N) is 1. The van der Waals surface area contributed by atoms with Crippen molar-refractivity contribution in [2.45, 2.75) is 12.5 Å². The van der Waals surface area contributed by atoms with Crippen LogP contribution in [0.15, 0.2) is 24.4 Å². The first kappa shape index (κ1) is 11.4. The molecule has 1 aromatic carbocycles. The van der Waals surface area contributed by atoms with Gasteiger partial charge in [-0.3, -0.25) is 4.79 Å². The summed E-state index contributed by atoms with van der Waals surface area (Å²) in [6, 6.07) is 6.13. The van der Waals surface area contributed by atoms with E-state index in [1.165, 1.54) is 24.5 Å². The van der Waals surface area contributed by atoms with Gasteiger partial charge in [-0.05, 0) is 42.5 Å². The van der Waals surface area contributed by atoms with Gasteiger partial charge in [0.2, 0.25) is 0 Å². The van der Waals surface area contributed by atoms with Gasteiger partial charge in [0.25, 0.3) is 5.91 Å². The van der Waals surface area contributed by atoms with Gasteiger partial charge in [-0.15, -0.1) is 0 Å². The van der Waals surface area contributed by atoms with E-state index in [4.69, 9.17) is 0 Å². The molecule has 1 aromatic heterocycles. The van der Waals surface area contributed by atoms with Crippen molar-refractivity contribution in [3.63, 3.8) is 0 Å². The van der Waals surface area contributed by atoms with E-state index in [1.54, 1.807) is 0 Å². The number of benzene rings is 1. The third-order valence-corrected chi connectivity index (χ3v) is 5.03. The lowest BCUT2D eigenvalue weighted by molar-refractivity contribution is 0.0924. The van der Waals surface area contributed by atoms with Crippen LogP contribution in [0.25, 0.3) is 10.1 Å². The molecular weight excluding hydrogens is 258 g/mol. The summed E-state index contributed by atoms with van der Waals surface area (Å²) in [7, 11) is 0. The zero-order valence-corrected chi connectivity index (χ0v) is 11.3. The Morgan fingerprint density at radius 3 is 3.16 bits per heavy atom. The predicted octanol–water partition coefficient (Wildman–Crippen LogP) is 1.73. The third kappa shape index (κ3) is 1.93. The fourth-order valence-corrected chi connectivity index (χ4v) is 3.89. The van der Waals surface area contributed by atoms with E-state index >= 15 is 0 Å². The van der Waals surface area contributed by atoms with Gasteiger partial charge in [-0.2, -0.15) is 4.37 Å². The minimum atomic E-state index is 0.0500. The zero-order chi connectivity index (χ0) is 12.8. The number of hydrogen-bond donors (Lipinski definition) is 1. The Labute approximate surface area is 115 Å². The molecule has 2 aliphatic heterocycles. The molecule has 4 nitrogen and oxygen atoms in total. The lowest BCUT2D eigenvalue weighted by Gasteiger charge is -2.23. The number of fused-ring (bicyclic) bond motifs is 3. The van der Waals surface area contributed by atoms with Gasteiger partial charge in [-0.25, -0.2) is 0 Å². The maximum atomic E-state index is 12.3. The lowest BCUT2D eigenvalue weighted by Crippen LogP contribution is -2.43. The second-order valence-corrected chi connectivity index (χ2v) is 6.30. The van der Waals surface area contributed by atoms with Crippen LogP contribution in [0.1, 0.15) is 16.8 Å². The molecule has 3 atom stereocenters. The van der Waals surface area contributed by atoms with E-state index < -0.39 is 0 Å². The molecular formula is C14H15N3OS. The van der Waals surface area contributed by atoms with Crippen molar-refractivity contribution >= 4 is 27.5 Å². The normalized spacial score (nSPS) is 28.9. The van der Waals surface area contributed by atoms with E-state index in [0.29, 0.717) is 12.0 Å². The average Bonchev–Trinajstić information content (AvgIpc) is 3.13. The highest BCUT2D eigenvalue weighted by atomic mass is 32.1. The molecule has 0 saturated carbocycles. The quantitative estimate of drug-likeness (QED) is 0.906. The van der Waals surface area contributed by atoms with Crippen molar-refractivity contribution in [3.05, 3.63) is 30.0 Å². The van der Waals surface area contributed by atoms with E-state index in [9.17, 15) is 4.79 Å². The fourth-order valence-electron chi connectivity index (χ4n) is 3.20. The smallest absolute Gasteiger partial charge is 0.251 e. The second kappa shape index (κ2) is 4.28. The first-order valence-corrected chi connectivity index (χ1v) is 7.44. The first-order chi connectivity index (χ1) is 9.29. The van der Waals surface area contributed by atoms with E-state index in [0.717, 1.165) is 28.7 Å². The number of amides is 1. The maximum absolute atomic E-state index is 12.3. The largest absolute Gasteiger partial charge is 0.348 e. The lowest BCUT2D eigenvalue weighted by atomic mass is 9.99. The molecule has 2 fully saturated rings. The number of carbonyl (C=O) groups is 1. The van der Waals surface area contributed by atoms with Crippen molar-refractivity contribution in [2.75, 3.05) is 19.6 Å². The van der Waals surface area contributed by atoms with Gasteiger partial charge in [0.05, 0.1) is 4.70 Å². The van der Waals surface area contributed by atoms with Crippen molar-refractivity contribution < 1.29 is 4.79 Å². The molecule has 3 heterocycles. The second-order valence-electron chi connectivity index (χ2n) is 5.47. The van der Waals surface area contributed by atoms with Crippen LogP contribution < -0.4 is 5.32 Å². The van der Waals surface area contributed by atoms with Gasteiger partial charge < -0.3 is 10.2 Å². The minimum absolute atomic E-state index is 0.0500. The highest BCUT2D eigenvalue weighted by Gasteiger charge is 2.38. The number of aromatic nitrogens is 1. The Morgan fingerprint density at radius 2 is 2.37 bits per heavy atom. The van der Waals surface area contributed by atoms with E-state index in [2.05, 4.69) is 14.6 Å². The number of carbonyl (C=O) groups excluding carboxylic acids is 1. The summed E-state index contributed by atoms with van der Waals surface area (Å²) >= 11 is 1.44. The molecule has 4 rings (SSSR count). The molecule has 2 aromatic rings. The van der Waals surface area contributed by atoms with Gasteiger partial charge in [-0.1, -0.05) is 6.07 Å². The number of hydrogen-bond acceptors (Lipinski definition) is 4. The topological polar surface area (TPSA) is 45.2 Å². The van der Waals surface area contributed by atoms with Crippen LogP contribution in [0.3, 0.4) is 0 Å². The number of nitrogens with zero attached hydrogens (tertiary/aromatic N) is 2. The Morgan fingerprint density at radius 1 is 1.42 bits per heavy atom. The Balaban J connectivity index is 1.53. The predicted molar refractivity (Wildman–Crippen MR) is 75.4 cm³/mol.